The summed E-state index contributed by atoms with van der Waals surface area (Å²) in [5, 5.41) is 6.26. The van der Waals surface area contributed by atoms with E-state index in [2.05, 4.69) is 10.6 Å². The molecule has 0 bridgehead atoms. The van der Waals surface area contributed by atoms with Crippen LogP contribution >= 0.6 is 24.2 Å². The molecule has 1 heterocycles. The number of thioether (sulfide) groups is 1. The molecule has 0 unspecified atom stereocenters. The minimum absolute atomic E-state index is 0. The highest BCUT2D eigenvalue weighted by molar-refractivity contribution is 8.00. The van der Waals surface area contributed by atoms with Crippen molar-refractivity contribution in [3.05, 3.63) is 30.1 Å². The molecule has 1 aromatic carbocycles. The highest BCUT2D eigenvalue weighted by atomic mass is 35.5. The van der Waals surface area contributed by atoms with E-state index in [0.29, 0.717) is 5.75 Å². The van der Waals surface area contributed by atoms with Crippen molar-refractivity contribution >= 4 is 30.1 Å². The van der Waals surface area contributed by atoms with E-state index in [4.69, 9.17) is 0 Å². The summed E-state index contributed by atoms with van der Waals surface area (Å²) in [5.74, 6) is 0.164. The molecule has 0 spiro atoms. The molecule has 1 fully saturated rings. The summed E-state index contributed by atoms with van der Waals surface area (Å²) in [7, 11) is 0. The fourth-order valence-corrected chi connectivity index (χ4v) is 2.63. The number of amides is 1. The number of piperidine rings is 1. The molecule has 1 atom stereocenters. The van der Waals surface area contributed by atoms with Gasteiger partial charge in [-0.15, -0.1) is 24.2 Å². The van der Waals surface area contributed by atoms with Gasteiger partial charge in [0.05, 0.1) is 5.75 Å². The second kappa shape index (κ2) is 8.40. The van der Waals surface area contributed by atoms with Crippen molar-refractivity contribution in [3.63, 3.8) is 0 Å². The van der Waals surface area contributed by atoms with E-state index in [0.717, 1.165) is 30.8 Å². The second-order valence-electron chi connectivity index (χ2n) is 4.35. The predicted molar refractivity (Wildman–Crippen MR) is 78.4 cm³/mol. The SMILES string of the molecule is Cl.O=C(CSc1ccc(F)cc1)N[C@H]1CCCNC1. The topological polar surface area (TPSA) is 41.1 Å². The van der Waals surface area contributed by atoms with Crippen LogP contribution in [0.2, 0.25) is 0 Å². The maximum absolute atomic E-state index is 12.7. The zero-order chi connectivity index (χ0) is 12.8. The molecule has 0 aromatic heterocycles. The summed E-state index contributed by atoms with van der Waals surface area (Å²) in [6.45, 7) is 1.89. The summed E-state index contributed by atoms with van der Waals surface area (Å²) in [4.78, 5) is 12.6. The van der Waals surface area contributed by atoms with Gasteiger partial charge in [0.25, 0.3) is 0 Å². The van der Waals surface area contributed by atoms with Gasteiger partial charge in [-0.1, -0.05) is 0 Å². The fourth-order valence-electron chi connectivity index (χ4n) is 1.92. The molecule has 0 radical (unpaired) electrons. The molecule has 1 aliphatic heterocycles. The van der Waals surface area contributed by atoms with Gasteiger partial charge in [-0.3, -0.25) is 4.79 Å². The van der Waals surface area contributed by atoms with Gasteiger partial charge in [-0.25, -0.2) is 4.39 Å². The average molecular weight is 305 g/mol. The first-order chi connectivity index (χ1) is 8.74. The lowest BCUT2D eigenvalue weighted by Crippen LogP contribution is -2.46. The van der Waals surface area contributed by atoms with Gasteiger partial charge in [0.2, 0.25) is 5.91 Å². The number of halogens is 2. The van der Waals surface area contributed by atoms with Crippen LogP contribution < -0.4 is 10.6 Å². The Kier molecular flexibility index (Phi) is 7.20. The van der Waals surface area contributed by atoms with Crippen LogP contribution in [0.3, 0.4) is 0 Å². The largest absolute Gasteiger partial charge is 0.351 e. The van der Waals surface area contributed by atoms with E-state index < -0.39 is 0 Å². The Morgan fingerprint density at radius 2 is 2.16 bits per heavy atom. The smallest absolute Gasteiger partial charge is 0.230 e. The molecule has 1 saturated heterocycles. The minimum atomic E-state index is -0.253. The molecule has 3 nitrogen and oxygen atoms in total. The van der Waals surface area contributed by atoms with E-state index in [9.17, 15) is 9.18 Å². The Morgan fingerprint density at radius 1 is 1.42 bits per heavy atom. The van der Waals surface area contributed by atoms with Crippen LogP contribution in [0.5, 0.6) is 0 Å². The summed E-state index contributed by atoms with van der Waals surface area (Å²) >= 11 is 1.43. The van der Waals surface area contributed by atoms with Gasteiger partial charge in [0.15, 0.2) is 0 Å². The number of rotatable bonds is 4. The van der Waals surface area contributed by atoms with Crippen molar-refractivity contribution in [1.82, 2.24) is 10.6 Å². The third-order valence-electron chi connectivity index (χ3n) is 2.85. The van der Waals surface area contributed by atoms with E-state index in [1.165, 1.54) is 23.9 Å². The van der Waals surface area contributed by atoms with Crippen molar-refractivity contribution in [2.75, 3.05) is 18.8 Å². The average Bonchev–Trinajstić information content (AvgIpc) is 2.39. The van der Waals surface area contributed by atoms with Crippen LogP contribution in [0.1, 0.15) is 12.8 Å². The predicted octanol–water partition coefficient (Wildman–Crippen LogP) is 2.21. The van der Waals surface area contributed by atoms with Crippen LogP contribution in [0, 0.1) is 5.82 Å². The molecule has 2 rings (SSSR count). The Morgan fingerprint density at radius 3 is 2.79 bits per heavy atom. The molecule has 6 heteroatoms. The minimum Gasteiger partial charge on any atom is -0.351 e. The summed E-state index contributed by atoms with van der Waals surface area (Å²) < 4.78 is 12.7. The standard InChI is InChI=1S/C13H17FN2OS.ClH/c14-10-3-5-12(6-4-10)18-9-13(17)16-11-2-1-7-15-8-11;/h3-6,11,15H,1-2,7-9H2,(H,16,17);1H/t11-;/m0./s1. The van der Waals surface area contributed by atoms with Crippen molar-refractivity contribution in [3.8, 4) is 0 Å². The zero-order valence-corrected chi connectivity index (χ0v) is 12.2. The first-order valence-corrected chi connectivity index (χ1v) is 7.11. The third-order valence-corrected chi connectivity index (χ3v) is 3.86. The molecule has 19 heavy (non-hydrogen) atoms. The number of benzene rings is 1. The second-order valence-corrected chi connectivity index (χ2v) is 5.40. The van der Waals surface area contributed by atoms with Gasteiger partial charge < -0.3 is 10.6 Å². The zero-order valence-electron chi connectivity index (χ0n) is 10.5. The lowest BCUT2D eigenvalue weighted by molar-refractivity contribution is -0.119. The molecule has 0 aliphatic carbocycles. The van der Waals surface area contributed by atoms with Crippen molar-refractivity contribution in [2.45, 2.75) is 23.8 Å². The van der Waals surface area contributed by atoms with Crippen LogP contribution in [0.4, 0.5) is 4.39 Å². The quantitative estimate of drug-likeness (QED) is 0.838. The van der Waals surface area contributed by atoms with E-state index in [1.807, 2.05) is 0 Å². The summed E-state index contributed by atoms with van der Waals surface area (Å²) in [6.07, 6.45) is 2.15. The summed E-state index contributed by atoms with van der Waals surface area (Å²) in [6, 6.07) is 6.45. The molecular formula is C13H18ClFN2OS. The Hall–Kier alpha value is -0.780. The van der Waals surface area contributed by atoms with Crippen LogP contribution in [0.25, 0.3) is 0 Å². The van der Waals surface area contributed by atoms with Gasteiger partial charge in [0.1, 0.15) is 5.82 Å². The highest BCUT2D eigenvalue weighted by Crippen LogP contribution is 2.17. The molecular weight excluding hydrogens is 287 g/mol. The number of nitrogens with one attached hydrogen (secondary N) is 2. The molecule has 1 aliphatic rings. The van der Waals surface area contributed by atoms with Crippen molar-refractivity contribution in [2.24, 2.45) is 0 Å². The fraction of sp³-hybridized carbons (Fsp3) is 0.462. The van der Waals surface area contributed by atoms with Crippen molar-refractivity contribution < 1.29 is 9.18 Å². The molecule has 1 amide bonds. The first-order valence-electron chi connectivity index (χ1n) is 6.12. The van der Waals surface area contributed by atoms with Crippen molar-refractivity contribution in [1.29, 1.82) is 0 Å². The molecule has 1 aromatic rings. The number of carbonyl (C=O) groups excluding carboxylic acids is 1. The Balaban J connectivity index is 0.00000180. The number of carbonyl (C=O) groups is 1. The molecule has 0 saturated carbocycles. The molecule has 2 N–H and O–H groups in total. The van der Waals surface area contributed by atoms with E-state index in [-0.39, 0.29) is 30.2 Å². The maximum Gasteiger partial charge on any atom is 0.230 e. The summed E-state index contributed by atoms with van der Waals surface area (Å²) in [5.41, 5.74) is 0. The monoisotopic (exact) mass is 304 g/mol. The Labute approximate surface area is 123 Å². The van der Waals surface area contributed by atoms with Crippen LogP contribution in [0.15, 0.2) is 29.2 Å². The van der Waals surface area contributed by atoms with E-state index in [1.54, 1.807) is 12.1 Å². The van der Waals surface area contributed by atoms with E-state index >= 15 is 0 Å². The highest BCUT2D eigenvalue weighted by Gasteiger charge is 2.15. The third kappa shape index (κ3) is 5.80. The number of hydrogen-bond acceptors (Lipinski definition) is 3. The van der Waals surface area contributed by atoms with Gasteiger partial charge in [-0.2, -0.15) is 0 Å². The van der Waals surface area contributed by atoms with Gasteiger partial charge in [0, 0.05) is 17.5 Å². The van der Waals surface area contributed by atoms with Crippen LogP contribution in [-0.2, 0) is 4.79 Å². The van der Waals surface area contributed by atoms with Gasteiger partial charge >= 0.3 is 0 Å². The van der Waals surface area contributed by atoms with Crippen LogP contribution in [-0.4, -0.2) is 30.8 Å². The number of hydrogen-bond donors (Lipinski definition) is 2. The lowest BCUT2D eigenvalue weighted by Gasteiger charge is -2.23. The maximum atomic E-state index is 12.7. The first kappa shape index (κ1) is 16.3. The lowest BCUT2D eigenvalue weighted by atomic mass is 10.1. The normalized spacial score (nSPS) is 18.5. The molecule has 106 valence electrons. The Bertz CT molecular complexity index is 396. The van der Waals surface area contributed by atoms with Gasteiger partial charge in [-0.05, 0) is 43.7 Å².